The standard InChI is InChI=1S/C23H18ClF3N6O3/c1-12-7-18(30-28-10-12)33-21(34)19-16(32(22(33)35)13-3-4-15(25)14(24)8-13)9-17(29-20(19)36-2)31-6-5-23(26,27)11-31/h3-4,7-10H,5-6,11H2,1-2H3. The lowest BCUT2D eigenvalue weighted by Gasteiger charge is -2.21. The van der Waals surface area contributed by atoms with Crippen molar-refractivity contribution in [1.29, 1.82) is 0 Å². The number of pyridine rings is 1. The van der Waals surface area contributed by atoms with E-state index in [1.54, 1.807) is 6.92 Å². The van der Waals surface area contributed by atoms with Gasteiger partial charge in [0, 0.05) is 19.0 Å². The van der Waals surface area contributed by atoms with Crippen LogP contribution in [0.15, 0.2) is 46.1 Å². The maximum absolute atomic E-state index is 13.9. The van der Waals surface area contributed by atoms with E-state index in [-0.39, 0.29) is 52.1 Å². The highest BCUT2D eigenvalue weighted by molar-refractivity contribution is 6.30. The van der Waals surface area contributed by atoms with E-state index in [2.05, 4.69) is 15.2 Å². The van der Waals surface area contributed by atoms with E-state index < -0.39 is 29.5 Å². The second kappa shape index (κ2) is 8.63. The van der Waals surface area contributed by atoms with Crippen molar-refractivity contribution in [2.24, 2.45) is 0 Å². The lowest BCUT2D eigenvalue weighted by atomic mass is 10.2. The van der Waals surface area contributed by atoms with Crippen LogP contribution in [0, 0.1) is 12.7 Å². The smallest absolute Gasteiger partial charge is 0.342 e. The normalized spacial score (nSPS) is 15.0. The molecular formula is C23H18ClF3N6O3. The van der Waals surface area contributed by atoms with Gasteiger partial charge in [-0.25, -0.2) is 22.5 Å². The van der Waals surface area contributed by atoms with Crippen LogP contribution in [0.2, 0.25) is 5.02 Å². The molecule has 0 N–H and O–H groups in total. The van der Waals surface area contributed by atoms with Crippen molar-refractivity contribution >= 4 is 28.3 Å². The van der Waals surface area contributed by atoms with Gasteiger partial charge in [0.1, 0.15) is 17.0 Å². The van der Waals surface area contributed by atoms with Crippen molar-refractivity contribution in [1.82, 2.24) is 24.3 Å². The van der Waals surface area contributed by atoms with Crippen LogP contribution in [-0.2, 0) is 0 Å². The van der Waals surface area contributed by atoms with Gasteiger partial charge in [-0.2, -0.15) is 10.1 Å². The zero-order valence-electron chi connectivity index (χ0n) is 19.0. The number of hydrogen-bond acceptors (Lipinski definition) is 7. The average molecular weight is 519 g/mol. The minimum atomic E-state index is -2.92. The lowest BCUT2D eigenvalue weighted by Crippen LogP contribution is -2.39. The molecule has 1 aromatic carbocycles. The Balaban J connectivity index is 1.91. The summed E-state index contributed by atoms with van der Waals surface area (Å²) in [5.74, 6) is -3.78. The number of rotatable bonds is 4. The monoisotopic (exact) mass is 518 g/mol. The Morgan fingerprint density at radius 2 is 1.89 bits per heavy atom. The van der Waals surface area contributed by atoms with Crippen molar-refractivity contribution < 1.29 is 17.9 Å². The van der Waals surface area contributed by atoms with Crippen LogP contribution >= 0.6 is 11.6 Å². The molecule has 0 bridgehead atoms. The molecule has 0 amide bonds. The number of fused-ring (bicyclic) bond motifs is 1. The van der Waals surface area contributed by atoms with Gasteiger partial charge in [-0.3, -0.25) is 9.36 Å². The first-order valence-corrected chi connectivity index (χ1v) is 11.1. The lowest BCUT2D eigenvalue weighted by molar-refractivity contribution is 0.0256. The van der Waals surface area contributed by atoms with Crippen LogP contribution in [0.3, 0.4) is 0 Å². The summed E-state index contributed by atoms with van der Waals surface area (Å²) in [6, 6.07) is 6.43. The molecule has 4 heterocycles. The van der Waals surface area contributed by atoms with Crippen LogP contribution < -0.4 is 20.9 Å². The van der Waals surface area contributed by atoms with Crippen molar-refractivity contribution in [3.63, 3.8) is 0 Å². The van der Waals surface area contributed by atoms with E-state index in [1.165, 1.54) is 42.5 Å². The number of halogens is 4. The molecule has 1 aliphatic heterocycles. The molecule has 13 heteroatoms. The molecule has 9 nitrogen and oxygen atoms in total. The molecule has 1 saturated heterocycles. The number of hydrogen-bond donors (Lipinski definition) is 0. The van der Waals surface area contributed by atoms with Crippen molar-refractivity contribution in [2.75, 3.05) is 25.1 Å². The predicted octanol–water partition coefficient (Wildman–Crippen LogP) is 3.28. The molecule has 0 spiro atoms. The van der Waals surface area contributed by atoms with Gasteiger partial charge < -0.3 is 9.64 Å². The molecule has 186 valence electrons. The van der Waals surface area contributed by atoms with E-state index in [4.69, 9.17) is 16.3 Å². The molecule has 0 saturated carbocycles. The van der Waals surface area contributed by atoms with E-state index >= 15 is 0 Å². The van der Waals surface area contributed by atoms with Gasteiger partial charge in [0.25, 0.3) is 11.5 Å². The van der Waals surface area contributed by atoms with Gasteiger partial charge >= 0.3 is 5.69 Å². The van der Waals surface area contributed by atoms with Crippen LogP contribution in [-0.4, -0.2) is 50.4 Å². The van der Waals surface area contributed by atoms with Crippen LogP contribution in [0.4, 0.5) is 19.0 Å². The van der Waals surface area contributed by atoms with E-state index in [0.717, 1.165) is 15.2 Å². The van der Waals surface area contributed by atoms with Gasteiger partial charge in [0.2, 0.25) is 5.88 Å². The third-order valence-electron chi connectivity index (χ3n) is 5.85. The van der Waals surface area contributed by atoms with Crippen molar-refractivity contribution in [3.05, 3.63) is 73.8 Å². The fourth-order valence-corrected chi connectivity index (χ4v) is 4.33. The summed E-state index contributed by atoms with van der Waals surface area (Å²) in [6.07, 6.45) is 1.08. The third kappa shape index (κ3) is 3.96. The summed E-state index contributed by atoms with van der Waals surface area (Å²) in [7, 11) is 1.27. The molecule has 36 heavy (non-hydrogen) atoms. The van der Waals surface area contributed by atoms with Crippen molar-refractivity contribution in [2.45, 2.75) is 19.3 Å². The highest BCUT2D eigenvalue weighted by Crippen LogP contribution is 2.33. The molecule has 5 rings (SSSR count). The number of alkyl halides is 2. The van der Waals surface area contributed by atoms with E-state index in [0.29, 0.717) is 5.56 Å². The molecular weight excluding hydrogens is 501 g/mol. The van der Waals surface area contributed by atoms with E-state index in [1.807, 2.05) is 0 Å². The maximum atomic E-state index is 13.9. The number of methoxy groups -OCH3 is 1. The summed E-state index contributed by atoms with van der Waals surface area (Å²) in [6.45, 7) is 1.14. The zero-order chi connectivity index (χ0) is 25.8. The van der Waals surface area contributed by atoms with Crippen molar-refractivity contribution in [3.8, 4) is 17.4 Å². The number of aryl methyl sites for hydroxylation is 1. The summed E-state index contributed by atoms with van der Waals surface area (Å²) >= 11 is 5.99. The number of anilines is 1. The quantitative estimate of drug-likeness (QED) is 0.409. The first kappa shape index (κ1) is 23.8. The summed E-state index contributed by atoms with van der Waals surface area (Å²) in [4.78, 5) is 33.0. The molecule has 3 aromatic heterocycles. The molecule has 0 atom stereocenters. The largest absolute Gasteiger partial charge is 0.480 e. The van der Waals surface area contributed by atoms with Gasteiger partial charge in [-0.05, 0) is 36.8 Å². The molecule has 0 radical (unpaired) electrons. The fraction of sp³-hybridized carbons (Fsp3) is 0.261. The fourth-order valence-electron chi connectivity index (χ4n) is 4.15. The minimum Gasteiger partial charge on any atom is -0.480 e. The molecule has 0 unspecified atom stereocenters. The Morgan fingerprint density at radius 3 is 2.53 bits per heavy atom. The van der Waals surface area contributed by atoms with Crippen LogP contribution in [0.5, 0.6) is 5.88 Å². The molecule has 1 fully saturated rings. The summed E-state index contributed by atoms with van der Waals surface area (Å²) in [5, 5.41) is 7.36. The minimum absolute atomic E-state index is 0.0111. The Bertz CT molecular complexity index is 1640. The predicted molar refractivity (Wildman–Crippen MR) is 127 cm³/mol. The van der Waals surface area contributed by atoms with Gasteiger partial charge in [0.15, 0.2) is 5.82 Å². The average Bonchev–Trinajstić information content (AvgIpc) is 3.20. The Kier molecular flexibility index (Phi) is 5.70. The maximum Gasteiger partial charge on any atom is 0.342 e. The first-order chi connectivity index (χ1) is 17.1. The zero-order valence-corrected chi connectivity index (χ0v) is 19.8. The van der Waals surface area contributed by atoms with Crippen LogP contribution in [0.1, 0.15) is 12.0 Å². The number of aromatic nitrogens is 5. The molecule has 0 aliphatic carbocycles. The van der Waals surface area contributed by atoms with E-state index in [9.17, 15) is 22.8 Å². The van der Waals surface area contributed by atoms with Gasteiger partial charge in [-0.15, -0.1) is 5.10 Å². The Hall–Kier alpha value is -3.93. The number of benzene rings is 1. The second-order valence-electron chi connectivity index (χ2n) is 8.36. The topological polar surface area (TPSA) is 95.1 Å². The highest BCUT2D eigenvalue weighted by Gasteiger charge is 2.39. The summed E-state index contributed by atoms with van der Waals surface area (Å²) < 4.78 is 49.1. The number of ether oxygens (including phenoxy) is 1. The number of nitrogens with zero attached hydrogens (tertiary/aromatic N) is 6. The Morgan fingerprint density at radius 1 is 1.11 bits per heavy atom. The SMILES string of the molecule is COc1nc(N2CCC(F)(F)C2)cc2c1c(=O)n(-c1cc(C)cnn1)c(=O)n2-c1ccc(F)c(Cl)c1. The molecule has 1 aliphatic rings. The van der Waals surface area contributed by atoms with Crippen LogP contribution in [0.25, 0.3) is 22.4 Å². The first-order valence-electron chi connectivity index (χ1n) is 10.7. The highest BCUT2D eigenvalue weighted by atomic mass is 35.5. The summed E-state index contributed by atoms with van der Waals surface area (Å²) in [5.41, 5.74) is -0.889. The van der Waals surface area contributed by atoms with Gasteiger partial charge in [-0.1, -0.05) is 11.6 Å². The second-order valence-corrected chi connectivity index (χ2v) is 8.77. The molecule has 4 aromatic rings. The third-order valence-corrected chi connectivity index (χ3v) is 6.14. The van der Waals surface area contributed by atoms with Gasteiger partial charge in [0.05, 0.1) is 36.1 Å². The Labute approximate surface area is 206 Å².